The van der Waals surface area contributed by atoms with E-state index in [0.717, 1.165) is 36.0 Å². The van der Waals surface area contributed by atoms with Crippen molar-refractivity contribution < 1.29 is 14.7 Å². The van der Waals surface area contributed by atoms with Crippen molar-refractivity contribution in [3.63, 3.8) is 0 Å². The van der Waals surface area contributed by atoms with Gasteiger partial charge in [-0.15, -0.1) is 0 Å². The molecule has 0 saturated carbocycles. The first-order valence-corrected chi connectivity index (χ1v) is 8.94. The van der Waals surface area contributed by atoms with Crippen molar-refractivity contribution in [2.75, 3.05) is 14.1 Å². The average Bonchev–Trinajstić information content (AvgIpc) is 2.51. The van der Waals surface area contributed by atoms with E-state index in [0.29, 0.717) is 5.57 Å². The third-order valence-electron chi connectivity index (χ3n) is 4.53. The zero-order valence-electron chi connectivity index (χ0n) is 16.8. The Bertz CT molecular complexity index is 701. The van der Waals surface area contributed by atoms with E-state index in [2.05, 4.69) is 19.9 Å². The van der Waals surface area contributed by atoms with Crippen LogP contribution in [-0.2, 0) is 9.59 Å². The molecule has 4 nitrogen and oxygen atoms in total. The summed E-state index contributed by atoms with van der Waals surface area (Å²) in [7, 11) is 3.59. The maximum absolute atomic E-state index is 12.5. The lowest BCUT2D eigenvalue weighted by Crippen LogP contribution is -2.30. The lowest BCUT2D eigenvalue weighted by Gasteiger charge is -2.34. The number of likely N-dealkylation sites (N-methyl/N-ethyl adjacent to an activating group) is 1. The number of hydrogen-bond acceptors (Lipinski definition) is 2. The molecule has 1 aliphatic carbocycles. The largest absolute Gasteiger partial charge is 0.478 e. The summed E-state index contributed by atoms with van der Waals surface area (Å²) in [6.07, 6.45) is 13.7. The monoisotopic (exact) mass is 357 g/mol. The highest BCUT2D eigenvalue weighted by Gasteiger charge is 2.31. The van der Waals surface area contributed by atoms with E-state index in [-0.39, 0.29) is 11.3 Å². The molecule has 1 amide bonds. The molecule has 0 saturated heterocycles. The minimum absolute atomic E-state index is 0.0211. The van der Waals surface area contributed by atoms with Crippen LogP contribution in [0.15, 0.2) is 58.7 Å². The van der Waals surface area contributed by atoms with Crippen LogP contribution in [0.3, 0.4) is 0 Å². The summed E-state index contributed by atoms with van der Waals surface area (Å²) in [5.74, 6) is -0.856. The molecule has 1 aliphatic rings. The van der Waals surface area contributed by atoms with Gasteiger partial charge in [-0.3, -0.25) is 4.79 Å². The molecule has 1 rings (SSSR count). The van der Waals surface area contributed by atoms with Gasteiger partial charge in [0.25, 0.3) is 0 Å². The van der Waals surface area contributed by atoms with Gasteiger partial charge >= 0.3 is 5.97 Å². The second-order valence-corrected chi connectivity index (χ2v) is 7.66. The van der Waals surface area contributed by atoms with Crippen molar-refractivity contribution in [2.24, 2.45) is 5.41 Å². The second kappa shape index (κ2) is 9.37. The highest BCUT2D eigenvalue weighted by atomic mass is 16.4. The van der Waals surface area contributed by atoms with E-state index in [1.54, 1.807) is 32.0 Å². The van der Waals surface area contributed by atoms with Crippen LogP contribution >= 0.6 is 0 Å². The predicted octanol–water partition coefficient (Wildman–Crippen LogP) is 4.67. The molecule has 4 heteroatoms. The Hall–Kier alpha value is -2.36. The molecule has 0 aliphatic heterocycles. The van der Waals surface area contributed by atoms with Gasteiger partial charge in [0.2, 0.25) is 5.91 Å². The van der Waals surface area contributed by atoms with Crippen molar-refractivity contribution in [1.82, 2.24) is 4.90 Å². The maximum atomic E-state index is 12.5. The van der Waals surface area contributed by atoms with Crippen molar-refractivity contribution >= 4 is 11.9 Å². The van der Waals surface area contributed by atoms with E-state index in [1.165, 1.54) is 6.08 Å². The lowest BCUT2D eigenvalue weighted by atomic mass is 9.72. The Balaban J connectivity index is 3.07. The number of carbonyl (C=O) groups excluding carboxylic acids is 1. The molecule has 0 aromatic rings. The highest BCUT2D eigenvalue weighted by Crippen LogP contribution is 2.41. The zero-order chi connectivity index (χ0) is 19.9. The molecule has 1 N–H and O–H groups in total. The summed E-state index contributed by atoms with van der Waals surface area (Å²) >= 11 is 0. The fourth-order valence-electron chi connectivity index (χ4n) is 3.07. The smallest absolute Gasteiger partial charge is 0.328 e. The van der Waals surface area contributed by atoms with Gasteiger partial charge in [0.1, 0.15) is 0 Å². The molecular formula is C22H31NO3. The normalized spacial score (nSPS) is 18.7. The Morgan fingerprint density at radius 3 is 2.35 bits per heavy atom. The molecule has 26 heavy (non-hydrogen) atoms. The van der Waals surface area contributed by atoms with Crippen LogP contribution in [0.1, 0.15) is 47.0 Å². The van der Waals surface area contributed by atoms with Crippen LogP contribution in [0.4, 0.5) is 0 Å². The van der Waals surface area contributed by atoms with E-state index in [4.69, 9.17) is 5.11 Å². The van der Waals surface area contributed by atoms with Gasteiger partial charge in [-0.05, 0) is 49.7 Å². The van der Waals surface area contributed by atoms with Crippen LogP contribution in [0.5, 0.6) is 0 Å². The van der Waals surface area contributed by atoms with Crippen LogP contribution in [-0.4, -0.2) is 36.0 Å². The summed E-state index contributed by atoms with van der Waals surface area (Å²) in [6, 6.07) is 0. The Labute approximate surface area is 157 Å². The molecular weight excluding hydrogens is 326 g/mol. The standard InChI is InChI=1S/C22H31NO3/c1-16(9-7-10-17(2)15-20(24)25)12-13-19-18(21(26)23(5)6)11-8-14-22(19,3)4/h7,9-10,12-13,15H,8,11,14H2,1-6H3,(H,24,25)/b10-7+,13-12+,16-9+,17-15+. The molecule has 0 spiro atoms. The van der Waals surface area contributed by atoms with E-state index in [9.17, 15) is 9.59 Å². The Morgan fingerprint density at radius 2 is 1.77 bits per heavy atom. The molecule has 142 valence electrons. The van der Waals surface area contributed by atoms with Gasteiger partial charge in [-0.2, -0.15) is 0 Å². The van der Waals surface area contributed by atoms with Crippen LogP contribution < -0.4 is 0 Å². The van der Waals surface area contributed by atoms with Gasteiger partial charge in [-0.25, -0.2) is 4.79 Å². The number of carboxylic acids is 1. The number of nitrogens with zero attached hydrogens (tertiary/aromatic N) is 1. The minimum Gasteiger partial charge on any atom is -0.478 e. The summed E-state index contributed by atoms with van der Waals surface area (Å²) < 4.78 is 0. The summed E-state index contributed by atoms with van der Waals surface area (Å²) in [6.45, 7) is 8.11. The predicted molar refractivity (Wildman–Crippen MR) is 107 cm³/mol. The molecule has 0 unspecified atom stereocenters. The Kier molecular flexibility index (Phi) is 7.81. The number of allylic oxidation sites excluding steroid dienone is 8. The molecule has 0 fully saturated rings. The fourth-order valence-corrected chi connectivity index (χ4v) is 3.07. The van der Waals surface area contributed by atoms with Crippen molar-refractivity contribution in [3.8, 4) is 0 Å². The summed E-state index contributed by atoms with van der Waals surface area (Å²) in [5.41, 5.74) is 3.72. The quantitative estimate of drug-likeness (QED) is 0.555. The number of amides is 1. The average molecular weight is 357 g/mol. The fraction of sp³-hybridized carbons (Fsp3) is 0.455. The van der Waals surface area contributed by atoms with Gasteiger partial charge in [-0.1, -0.05) is 49.8 Å². The second-order valence-electron chi connectivity index (χ2n) is 7.66. The van der Waals surface area contributed by atoms with Gasteiger partial charge in [0, 0.05) is 25.7 Å². The third kappa shape index (κ3) is 6.51. The first-order valence-electron chi connectivity index (χ1n) is 8.94. The van der Waals surface area contributed by atoms with Crippen LogP contribution in [0.25, 0.3) is 0 Å². The molecule has 0 aromatic carbocycles. The first kappa shape index (κ1) is 21.7. The molecule has 0 heterocycles. The molecule has 0 bridgehead atoms. The molecule has 0 radical (unpaired) electrons. The highest BCUT2D eigenvalue weighted by molar-refractivity contribution is 5.94. The van der Waals surface area contributed by atoms with Crippen LogP contribution in [0, 0.1) is 5.41 Å². The topological polar surface area (TPSA) is 57.6 Å². The van der Waals surface area contributed by atoms with Crippen molar-refractivity contribution in [2.45, 2.75) is 47.0 Å². The maximum Gasteiger partial charge on any atom is 0.328 e. The van der Waals surface area contributed by atoms with Crippen LogP contribution in [0.2, 0.25) is 0 Å². The van der Waals surface area contributed by atoms with Crippen molar-refractivity contribution in [3.05, 3.63) is 58.7 Å². The number of carbonyl (C=O) groups is 2. The Morgan fingerprint density at radius 1 is 1.12 bits per heavy atom. The number of hydrogen-bond donors (Lipinski definition) is 1. The van der Waals surface area contributed by atoms with E-state index in [1.807, 2.05) is 25.2 Å². The number of carboxylic acid groups (broad SMARTS) is 1. The number of aliphatic carboxylic acids is 1. The van der Waals surface area contributed by atoms with Crippen molar-refractivity contribution in [1.29, 1.82) is 0 Å². The molecule has 0 aromatic heterocycles. The molecule has 0 atom stereocenters. The lowest BCUT2D eigenvalue weighted by molar-refractivity contribution is -0.131. The summed E-state index contributed by atoms with van der Waals surface area (Å²) in [4.78, 5) is 24.8. The SMILES string of the molecule is CC(/C=C/C1=C(C(=O)N(C)C)CCCC1(C)C)=C\C=C\C(C)=C\C(=O)O. The number of rotatable bonds is 6. The van der Waals surface area contributed by atoms with E-state index < -0.39 is 5.97 Å². The van der Waals surface area contributed by atoms with Gasteiger partial charge in [0.15, 0.2) is 0 Å². The minimum atomic E-state index is -0.947. The van der Waals surface area contributed by atoms with E-state index >= 15 is 0 Å². The van der Waals surface area contributed by atoms with Gasteiger partial charge < -0.3 is 10.0 Å². The first-order chi connectivity index (χ1) is 12.0. The summed E-state index contributed by atoms with van der Waals surface area (Å²) in [5, 5.41) is 8.71. The van der Waals surface area contributed by atoms with Gasteiger partial charge in [0.05, 0.1) is 0 Å². The third-order valence-corrected chi connectivity index (χ3v) is 4.53. The zero-order valence-corrected chi connectivity index (χ0v) is 16.8.